The average Bonchev–Trinajstić information content (AvgIpc) is 2.68. The first kappa shape index (κ1) is 19.8. The number of nitrogens with two attached hydrogens (primary N) is 1. The predicted molar refractivity (Wildman–Crippen MR) is 93.8 cm³/mol. The maximum atomic E-state index is 13.0. The zero-order valence-corrected chi connectivity index (χ0v) is 15.1. The molecule has 25 heavy (non-hydrogen) atoms. The minimum Gasteiger partial charge on any atom is -0.400 e. The Morgan fingerprint density at radius 3 is 2.24 bits per heavy atom. The Hall–Kier alpha value is -1.51. The van der Waals surface area contributed by atoms with E-state index < -0.39 is 30.1 Å². The number of benzene rings is 1. The fourth-order valence-electron chi connectivity index (χ4n) is 2.48. The van der Waals surface area contributed by atoms with Gasteiger partial charge in [0.1, 0.15) is 0 Å². The van der Waals surface area contributed by atoms with Crippen molar-refractivity contribution < 1.29 is 22.5 Å². The van der Waals surface area contributed by atoms with Crippen molar-refractivity contribution in [3.05, 3.63) is 34.8 Å². The molecule has 1 aromatic rings. The Labute approximate surface area is 146 Å². The van der Waals surface area contributed by atoms with Gasteiger partial charge in [-0.15, -0.1) is 0 Å². The molecule has 138 valence electrons. The van der Waals surface area contributed by atoms with E-state index in [1.54, 1.807) is 13.1 Å². The van der Waals surface area contributed by atoms with Gasteiger partial charge in [-0.1, -0.05) is 6.08 Å². The molecule has 0 spiro atoms. The third-order valence-electron chi connectivity index (χ3n) is 4.69. The van der Waals surface area contributed by atoms with Crippen molar-refractivity contribution in [1.29, 1.82) is 0 Å². The predicted octanol–water partition coefficient (Wildman–Crippen LogP) is 3.52. The smallest absolute Gasteiger partial charge is 0.400 e. The van der Waals surface area contributed by atoms with Gasteiger partial charge in [0.2, 0.25) is 0 Å². The largest absolute Gasteiger partial charge is 0.491 e. The number of nitrogens with one attached hydrogen (secondary N) is 1. The van der Waals surface area contributed by atoms with Gasteiger partial charge < -0.3 is 20.4 Å². The summed E-state index contributed by atoms with van der Waals surface area (Å²) in [6, 6.07) is 3.27. The highest BCUT2D eigenvalue weighted by atomic mass is 19.4. The lowest BCUT2D eigenvalue weighted by atomic mass is 9.76. The first-order valence-corrected chi connectivity index (χ1v) is 8.05. The summed E-state index contributed by atoms with van der Waals surface area (Å²) in [5, 5.41) is 2.99. The van der Waals surface area contributed by atoms with Crippen molar-refractivity contribution in [1.82, 2.24) is 5.32 Å². The average molecular weight is 356 g/mol. The first-order chi connectivity index (χ1) is 11.4. The van der Waals surface area contributed by atoms with Crippen LogP contribution >= 0.6 is 0 Å². The summed E-state index contributed by atoms with van der Waals surface area (Å²) >= 11 is 0. The van der Waals surface area contributed by atoms with Crippen LogP contribution in [0, 0.1) is 0 Å². The molecule has 0 amide bonds. The van der Waals surface area contributed by atoms with Gasteiger partial charge in [0.05, 0.1) is 16.8 Å². The lowest BCUT2D eigenvalue weighted by Gasteiger charge is -2.32. The van der Waals surface area contributed by atoms with E-state index in [2.05, 4.69) is 5.32 Å². The monoisotopic (exact) mass is 356 g/mol. The van der Waals surface area contributed by atoms with Crippen molar-refractivity contribution in [2.24, 2.45) is 0 Å². The van der Waals surface area contributed by atoms with Crippen molar-refractivity contribution in [2.45, 2.75) is 45.1 Å². The second-order valence-electron chi connectivity index (χ2n) is 7.18. The minimum atomic E-state index is -4.43. The number of hydrogen-bond donors (Lipinski definition) is 2. The zero-order chi connectivity index (χ0) is 19.0. The van der Waals surface area contributed by atoms with Crippen molar-refractivity contribution in [3.8, 4) is 0 Å². The Balaban J connectivity index is 2.42. The molecule has 4 nitrogen and oxygen atoms in total. The van der Waals surface area contributed by atoms with Gasteiger partial charge in [-0.25, -0.2) is 0 Å². The molecule has 0 unspecified atom stereocenters. The SMILES string of the molecule is CNCC(=Cc1cc(C(F)(F)F)ccc1N)B1OC(C)(C)C(C)(C)O1. The van der Waals surface area contributed by atoms with Crippen LogP contribution in [0.4, 0.5) is 18.9 Å². The van der Waals surface area contributed by atoms with Crippen LogP contribution in [-0.2, 0) is 15.5 Å². The number of likely N-dealkylation sites (N-methyl/N-ethyl adjacent to an activating group) is 1. The van der Waals surface area contributed by atoms with Gasteiger partial charge in [0, 0.05) is 12.2 Å². The maximum absolute atomic E-state index is 13.0. The molecule has 3 N–H and O–H groups in total. The van der Waals surface area contributed by atoms with Crippen molar-refractivity contribution in [2.75, 3.05) is 19.3 Å². The molecule has 1 aliphatic heterocycles. The second kappa shape index (κ2) is 6.66. The van der Waals surface area contributed by atoms with Gasteiger partial charge >= 0.3 is 13.3 Å². The van der Waals surface area contributed by atoms with Crippen molar-refractivity contribution >= 4 is 18.9 Å². The van der Waals surface area contributed by atoms with Gasteiger partial charge in [0.15, 0.2) is 0 Å². The highest BCUT2D eigenvalue weighted by Crippen LogP contribution is 2.39. The van der Waals surface area contributed by atoms with Crippen LogP contribution in [0.1, 0.15) is 38.8 Å². The Bertz CT molecular complexity index is 656. The van der Waals surface area contributed by atoms with Gasteiger partial charge in [-0.2, -0.15) is 13.2 Å². The highest BCUT2D eigenvalue weighted by Gasteiger charge is 2.52. The molecule has 1 heterocycles. The van der Waals surface area contributed by atoms with Crippen LogP contribution < -0.4 is 11.1 Å². The molecule has 1 aliphatic rings. The van der Waals surface area contributed by atoms with E-state index >= 15 is 0 Å². The number of anilines is 1. The molecule has 1 saturated heterocycles. The van der Waals surface area contributed by atoms with Crippen LogP contribution in [0.15, 0.2) is 23.7 Å². The van der Waals surface area contributed by atoms with E-state index in [0.717, 1.165) is 12.1 Å². The van der Waals surface area contributed by atoms with Crippen molar-refractivity contribution in [3.63, 3.8) is 0 Å². The lowest BCUT2D eigenvalue weighted by Crippen LogP contribution is -2.41. The normalized spacial score (nSPS) is 20.2. The van der Waals surface area contributed by atoms with Gasteiger partial charge in [-0.05, 0) is 64.0 Å². The Morgan fingerprint density at radius 2 is 1.76 bits per heavy atom. The number of nitrogen functional groups attached to an aromatic ring is 1. The fraction of sp³-hybridized carbons (Fsp3) is 0.529. The summed E-state index contributed by atoms with van der Waals surface area (Å²) in [6.45, 7) is 8.07. The van der Waals surface area contributed by atoms with E-state index in [-0.39, 0.29) is 11.3 Å². The minimum absolute atomic E-state index is 0.262. The molecule has 0 atom stereocenters. The first-order valence-electron chi connectivity index (χ1n) is 8.05. The maximum Gasteiger partial charge on any atom is 0.491 e. The van der Waals surface area contributed by atoms with Crippen LogP contribution in [0.2, 0.25) is 0 Å². The summed E-state index contributed by atoms with van der Waals surface area (Å²) in [4.78, 5) is 0. The number of hydrogen-bond acceptors (Lipinski definition) is 4. The fourth-order valence-corrected chi connectivity index (χ4v) is 2.48. The topological polar surface area (TPSA) is 56.5 Å². The summed E-state index contributed by atoms with van der Waals surface area (Å²) in [5.74, 6) is 0. The van der Waals surface area contributed by atoms with Gasteiger partial charge in [-0.3, -0.25) is 0 Å². The van der Waals surface area contributed by atoms with E-state index in [4.69, 9.17) is 15.0 Å². The molecule has 1 aromatic carbocycles. The number of halogens is 3. The van der Waals surface area contributed by atoms with Gasteiger partial charge in [0.25, 0.3) is 0 Å². The van der Waals surface area contributed by atoms with E-state index in [1.807, 2.05) is 27.7 Å². The molecule has 0 saturated carbocycles. The molecule has 2 rings (SSSR count). The van der Waals surface area contributed by atoms with E-state index in [0.29, 0.717) is 12.0 Å². The quantitative estimate of drug-likeness (QED) is 0.640. The second-order valence-corrected chi connectivity index (χ2v) is 7.18. The Kier molecular flexibility index (Phi) is 5.28. The lowest BCUT2D eigenvalue weighted by molar-refractivity contribution is -0.137. The van der Waals surface area contributed by atoms with Crippen LogP contribution in [0.5, 0.6) is 0 Å². The number of alkyl halides is 3. The molecule has 1 fully saturated rings. The zero-order valence-electron chi connectivity index (χ0n) is 15.1. The number of rotatable bonds is 4. The molecular weight excluding hydrogens is 332 g/mol. The molecule has 0 radical (unpaired) electrons. The van der Waals surface area contributed by atoms with E-state index in [1.165, 1.54) is 6.07 Å². The van der Waals surface area contributed by atoms with Crippen LogP contribution in [-0.4, -0.2) is 31.9 Å². The van der Waals surface area contributed by atoms with Crippen LogP contribution in [0.3, 0.4) is 0 Å². The molecule has 8 heteroatoms. The highest BCUT2D eigenvalue weighted by molar-refractivity contribution is 6.56. The summed E-state index contributed by atoms with van der Waals surface area (Å²) in [5.41, 5.74) is 5.27. The standard InChI is InChI=1S/C17H24BF3N2O2/c1-15(2)16(3,4)25-18(24-15)13(10-23-5)9-11-8-12(17(19,20)21)6-7-14(11)22/h6-9,23H,10,22H2,1-5H3. The molecule has 0 aliphatic carbocycles. The summed E-state index contributed by atoms with van der Waals surface area (Å²) in [7, 11) is 1.08. The Morgan fingerprint density at radius 1 is 1.20 bits per heavy atom. The summed E-state index contributed by atoms with van der Waals surface area (Å²) in [6.07, 6.45) is -2.83. The van der Waals surface area contributed by atoms with Crippen LogP contribution in [0.25, 0.3) is 6.08 Å². The third-order valence-corrected chi connectivity index (χ3v) is 4.69. The van der Waals surface area contributed by atoms with E-state index in [9.17, 15) is 13.2 Å². The molecular formula is C17H24BF3N2O2. The molecule has 0 aromatic heterocycles. The summed E-state index contributed by atoms with van der Waals surface area (Å²) < 4.78 is 50.9. The molecule has 0 bridgehead atoms. The third kappa shape index (κ3) is 4.19.